The number of fused-ring (bicyclic) bond motifs is 9. The fourth-order valence-electron chi connectivity index (χ4n) is 7.99. The van der Waals surface area contributed by atoms with Crippen molar-refractivity contribution in [3.05, 3.63) is 170 Å². The summed E-state index contributed by atoms with van der Waals surface area (Å²) in [5.74, 6) is 0. The summed E-state index contributed by atoms with van der Waals surface area (Å²) in [7, 11) is 0. The van der Waals surface area contributed by atoms with Gasteiger partial charge in [0.05, 0.1) is 0 Å². The van der Waals surface area contributed by atoms with Gasteiger partial charge in [0.15, 0.2) is 0 Å². The number of aromatic nitrogens is 2. The van der Waals surface area contributed by atoms with Gasteiger partial charge in [-0.3, -0.25) is 4.40 Å². The van der Waals surface area contributed by atoms with E-state index in [-0.39, 0.29) is 0 Å². The van der Waals surface area contributed by atoms with Crippen LogP contribution in [0.25, 0.3) is 103 Å². The molecule has 0 aliphatic carbocycles. The summed E-state index contributed by atoms with van der Waals surface area (Å²) in [5, 5.41) is 11.2. The molecule has 2 nitrogen and oxygen atoms in total. The van der Waals surface area contributed by atoms with E-state index in [1.807, 2.05) is 0 Å². The Hall–Kier alpha value is -6.29. The summed E-state index contributed by atoms with van der Waals surface area (Å²) in [4.78, 5) is 6.23. The van der Waals surface area contributed by atoms with Crippen LogP contribution in [0.2, 0.25) is 0 Å². The van der Waals surface area contributed by atoms with Crippen LogP contribution in [0.5, 0.6) is 0 Å². The predicted molar refractivity (Wildman–Crippen MR) is 214 cm³/mol. The van der Waals surface area contributed by atoms with Gasteiger partial charge in [0.2, 0.25) is 0 Å². The molecular formula is C47H28N2S. The zero-order valence-electron chi connectivity index (χ0n) is 27.0. The first-order chi connectivity index (χ1) is 24.8. The first kappa shape index (κ1) is 27.6. The third kappa shape index (κ3) is 4.11. The molecular weight excluding hydrogens is 625 g/mol. The van der Waals surface area contributed by atoms with E-state index in [1.165, 1.54) is 91.4 Å². The van der Waals surface area contributed by atoms with Gasteiger partial charge in [0, 0.05) is 16.3 Å². The van der Waals surface area contributed by atoms with E-state index >= 15 is 0 Å². The van der Waals surface area contributed by atoms with Crippen LogP contribution in [0, 0.1) is 0 Å². The van der Waals surface area contributed by atoms with Crippen molar-refractivity contribution >= 4 is 80.5 Å². The Morgan fingerprint density at radius 1 is 0.400 bits per heavy atom. The van der Waals surface area contributed by atoms with Crippen molar-refractivity contribution in [3.8, 4) is 33.4 Å². The van der Waals surface area contributed by atoms with Crippen LogP contribution in [-0.2, 0) is 0 Å². The second-order valence-electron chi connectivity index (χ2n) is 13.2. The van der Waals surface area contributed by atoms with Crippen molar-refractivity contribution in [2.75, 3.05) is 0 Å². The lowest BCUT2D eigenvalue weighted by molar-refractivity contribution is 1.24. The number of benzene rings is 8. The quantitative estimate of drug-likeness (QED) is 0.174. The SMILES string of the molecule is c1ccc2cc(-c3c4ccccc4c(-c4ccc5ccccc5c4)c4cc(-c5ccc6nc7c8ccccc8sc7n6c5)ccc34)ccc2c1. The maximum atomic E-state index is 5.04. The Morgan fingerprint density at radius 2 is 0.940 bits per heavy atom. The highest BCUT2D eigenvalue weighted by atomic mass is 32.1. The maximum Gasteiger partial charge on any atom is 0.138 e. The Bertz CT molecular complexity index is 3160. The fourth-order valence-corrected chi connectivity index (χ4v) is 9.12. The third-order valence-electron chi connectivity index (χ3n) is 10.4. The average molecular weight is 653 g/mol. The van der Waals surface area contributed by atoms with E-state index in [2.05, 4.69) is 174 Å². The van der Waals surface area contributed by atoms with Crippen molar-refractivity contribution in [2.24, 2.45) is 0 Å². The minimum Gasteiger partial charge on any atom is -0.290 e. The van der Waals surface area contributed by atoms with Crippen LogP contribution in [0.1, 0.15) is 0 Å². The molecule has 0 saturated heterocycles. The van der Waals surface area contributed by atoms with Crippen LogP contribution in [0.15, 0.2) is 170 Å². The molecule has 0 saturated carbocycles. The number of hydrogen-bond donors (Lipinski definition) is 0. The fraction of sp³-hybridized carbons (Fsp3) is 0. The summed E-state index contributed by atoms with van der Waals surface area (Å²) < 4.78 is 3.54. The molecule has 0 bridgehead atoms. The number of rotatable bonds is 3. The summed E-state index contributed by atoms with van der Waals surface area (Å²) in [6.45, 7) is 0. The lowest BCUT2D eigenvalue weighted by Gasteiger charge is -2.19. The molecule has 3 aromatic heterocycles. The van der Waals surface area contributed by atoms with Crippen molar-refractivity contribution in [1.82, 2.24) is 9.38 Å². The molecule has 11 aromatic rings. The Kier molecular flexibility index (Phi) is 5.86. The van der Waals surface area contributed by atoms with Gasteiger partial charge < -0.3 is 0 Å². The molecule has 3 heteroatoms. The van der Waals surface area contributed by atoms with E-state index < -0.39 is 0 Å². The molecule has 8 aromatic carbocycles. The first-order valence-electron chi connectivity index (χ1n) is 17.0. The minimum atomic E-state index is 0.975. The molecule has 0 N–H and O–H groups in total. The number of pyridine rings is 1. The highest BCUT2D eigenvalue weighted by Gasteiger charge is 2.19. The van der Waals surface area contributed by atoms with Crippen LogP contribution in [-0.4, -0.2) is 9.38 Å². The zero-order valence-corrected chi connectivity index (χ0v) is 27.8. The molecule has 0 radical (unpaired) electrons. The Balaban J connectivity index is 1.21. The predicted octanol–water partition coefficient (Wildman–Crippen LogP) is 13.3. The van der Waals surface area contributed by atoms with Crippen molar-refractivity contribution < 1.29 is 0 Å². The van der Waals surface area contributed by atoms with Gasteiger partial charge in [-0.05, 0) is 113 Å². The van der Waals surface area contributed by atoms with E-state index in [0.717, 1.165) is 11.2 Å². The van der Waals surface area contributed by atoms with Crippen LogP contribution >= 0.6 is 11.3 Å². The lowest BCUT2D eigenvalue weighted by atomic mass is 9.84. The highest BCUT2D eigenvalue weighted by Crippen LogP contribution is 2.46. The van der Waals surface area contributed by atoms with Gasteiger partial charge in [0.25, 0.3) is 0 Å². The van der Waals surface area contributed by atoms with Crippen LogP contribution in [0.3, 0.4) is 0 Å². The van der Waals surface area contributed by atoms with Crippen LogP contribution < -0.4 is 0 Å². The van der Waals surface area contributed by atoms with Crippen molar-refractivity contribution in [3.63, 3.8) is 0 Å². The van der Waals surface area contributed by atoms with Gasteiger partial charge in [0.1, 0.15) is 16.0 Å². The highest BCUT2D eigenvalue weighted by molar-refractivity contribution is 7.25. The van der Waals surface area contributed by atoms with Crippen LogP contribution in [0.4, 0.5) is 0 Å². The second kappa shape index (κ2) is 10.6. The standard InChI is InChI=1S/C47H28N2S/c1-3-11-31-25-34(19-17-29(31)9-1)44-37-13-5-6-14-38(37)45(35-20-18-30-10-2-4-12-32(30)26-35)41-27-33(21-23-39(41)44)36-22-24-43-48-46-40-15-7-8-16-42(40)50-47(46)49(43)28-36/h1-28H. The summed E-state index contributed by atoms with van der Waals surface area (Å²) in [6.07, 6.45) is 2.27. The van der Waals surface area contributed by atoms with Gasteiger partial charge in [-0.25, -0.2) is 4.98 Å². The monoisotopic (exact) mass is 652 g/mol. The molecule has 0 amide bonds. The average Bonchev–Trinajstić information content (AvgIpc) is 3.72. The van der Waals surface area contributed by atoms with E-state index in [9.17, 15) is 0 Å². The van der Waals surface area contributed by atoms with E-state index in [4.69, 9.17) is 4.98 Å². The van der Waals surface area contributed by atoms with Crippen molar-refractivity contribution in [2.45, 2.75) is 0 Å². The van der Waals surface area contributed by atoms with Gasteiger partial charge in [-0.1, -0.05) is 127 Å². The molecule has 11 rings (SSSR count). The van der Waals surface area contributed by atoms with Gasteiger partial charge >= 0.3 is 0 Å². The number of thiophene rings is 1. The summed E-state index contributed by atoms with van der Waals surface area (Å²) in [5.41, 5.74) is 9.40. The molecule has 0 spiro atoms. The molecule has 3 heterocycles. The first-order valence-corrected chi connectivity index (χ1v) is 17.9. The van der Waals surface area contributed by atoms with Gasteiger partial charge in [-0.15, -0.1) is 11.3 Å². The summed E-state index contributed by atoms with van der Waals surface area (Å²) in [6, 6.07) is 60.0. The largest absolute Gasteiger partial charge is 0.290 e. The minimum absolute atomic E-state index is 0.975. The molecule has 0 aliphatic heterocycles. The number of nitrogens with zero attached hydrogens (tertiary/aromatic N) is 2. The normalized spacial score (nSPS) is 12.0. The molecule has 0 fully saturated rings. The van der Waals surface area contributed by atoms with Gasteiger partial charge in [-0.2, -0.15) is 0 Å². The second-order valence-corrected chi connectivity index (χ2v) is 14.2. The number of imidazole rings is 1. The summed E-state index contributed by atoms with van der Waals surface area (Å²) >= 11 is 1.81. The zero-order chi connectivity index (χ0) is 32.8. The molecule has 50 heavy (non-hydrogen) atoms. The number of hydrogen-bond acceptors (Lipinski definition) is 2. The maximum absolute atomic E-state index is 5.04. The van der Waals surface area contributed by atoms with E-state index in [0.29, 0.717) is 0 Å². The molecule has 0 unspecified atom stereocenters. The Morgan fingerprint density at radius 3 is 1.64 bits per heavy atom. The molecule has 0 aliphatic rings. The van der Waals surface area contributed by atoms with E-state index in [1.54, 1.807) is 11.3 Å². The topological polar surface area (TPSA) is 17.3 Å². The smallest absolute Gasteiger partial charge is 0.138 e. The molecule has 0 atom stereocenters. The molecule has 232 valence electrons. The van der Waals surface area contributed by atoms with Crippen molar-refractivity contribution in [1.29, 1.82) is 0 Å². The lowest BCUT2D eigenvalue weighted by Crippen LogP contribution is -1.92. The Labute approximate surface area is 292 Å². The third-order valence-corrected chi connectivity index (χ3v) is 11.5.